The van der Waals surface area contributed by atoms with Crippen LogP contribution in [0.2, 0.25) is 10.0 Å². The van der Waals surface area contributed by atoms with E-state index in [0.717, 1.165) is 29.1 Å². The van der Waals surface area contributed by atoms with Gasteiger partial charge < -0.3 is 4.57 Å². The Balaban J connectivity index is 1.80. The molecule has 3 rings (SSSR count). The number of halogens is 3. The van der Waals surface area contributed by atoms with Gasteiger partial charge in [0.25, 0.3) is 0 Å². The highest BCUT2D eigenvalue weighted by Crippen LogP contribution is 2.31. The van der Waals surface area contributed by atoms with Crippen molar-refractivity contribution in [1.82, 2.24) is 4.57 Å². The minimum atomic E-state index is -0.224. The van der Waals surface area contributed by atoms with Crippen LogP contribution in [0.5, 0.6) is 0 Å². The van der Waals surface area contributed by atoms with Crippen LogP contribution < -0.4 is 5.43 Å². The minimum absolute atomic E-state index is 0.0171. The molecular weight excluding hydrogens is 440 g/mol. The van der Waals surface area contributed by atoms with Crippen molar-refractivity contribution in [3.8, 4) is 0 Å². The molecule has 158 valence electrons. The molecule has 2 aromatic carbocycles. The van der Waals surface area contributed by atoms with Gasteiger partial charge in [-0.15, -0.1) is 11.8 Å². The molecule has 0 bridgehead atoms. The zero-order valence-corrected chi connectivity index (χ0v) is 19.5. The van der Waals surface area contributed by atoms with Crippen molar-refractivity contribution >= 4 is 35.0 Å². The molecular formula is C24H24Cl2FNOS. The SMILES string of the molecule is Cc1c(Cc2c(Cl)cccc2Cl)c(=O)ccn1CC(C)(C)SCc1ccc(F)cc1. The fourth-order valence-corrected chi connectivity index (χ4v) is 4.81. The molecule has 30 heavy (non-hydrogen) atoms. The fourth-order valence-electron chi connectivity index (χ4n) is 3.30. The zero-order valence-electron chi connectivity index (χ0n) is 17.2. The average Bonchev–Trinajstić information content (AvgIpc) is 2.69. The van der Waals surface area contributed by atoms with Crippen molar-refractivity contribution in [1.29, 1.82) is 0 Å². The third-order valence-corrected chi connectivity index (χ3v) is 7.18. The third-order valence-electron chi connectivity index (χ3n) is 5.08. The summed E-state index contributed by atoms with van der Waals surface area (Å²) in [4.78, 5) is 12.6. The van der Waals surface area contributed by atoms with E-state index in [1.807, 2.05) is 25.3 Å². The first-order valence-electron chi connectivity index (χ1n) is 9.66. The Morgan fingerprint density at radius 3 is 2.27 bits per heavy atom. The van der Waals surface area contributed by atoms with Crippen LogP contribution in [0.25, 0.3) is 0 Å². The van der Waals surface area contributed by atoms with E-state index in [-0.39, 0.29) is 16.0 Å². The average molecular weight is 464 g/mol. The Hall–Kier alpha value is -1.75. The number of hydrogen-bond acceptors (Lipinski definition) is 2. The van der Waals surface area contributed by atoms with Gasteiger partial charge in [0, 0.05) is 57.0 Å². The molecule has 0 saturated heterocycles. The Kier molecular flexibility index (Phi) is 7.33. The highest BCUT2D eigenvalue weighted by atomic mass is 35.5. The predicted molar refractivity (Wildman–Crippen MR) is 126 cm³/mol. The molecule has 0 unspecified atom stereocenters. The molecule has 0 fully saturated rings. The maximum absolute atomic E-state index is 13.1. The molecule has 1 heterocycles. The van der Waals surface area contributed by atoms with Gasteiger partial charge in [-0.3, -0.25) is 4.79 Å². The number of benzene rings is 2. The van der Waals surface area contributed by atoms with Crippen LogP contribution >= 0.6 is 35.0 Å². The molecule has 0 spiro atoms. The lowest BCUT2D eigenvalue weighted by molar-refractivity contribution is 0.550. The minimum Gasteiger partial charge on any atom is -0.350 e. The van der Waals surface area contributed by atoms with Gasteiger partial charge in [0.1, 0.15) is 5.82 Å². The summed E-state index contributed by atoms with van der Waals surface area (Å²) < 4.78 is 15.1. The van der Waals surface area contributed by atoms with Crippen molar-refractivity contribution in [3.05, 3.63) is 103 Å². The molecule has 3 aromatic rings. The first-order valence-corrected chi connectivity index (χ1v) is 11.4. The Labute approximate surface area is 191 Å². The topological polar surface area (TPSA) is 22.0 Å². The Morgan fingerprint density at radius 1 is 1.00 bits per heavy atom. The second-order valence-electron chi connectivity index (χ2n) is 7.92. The molecule has 2 nitrogen and oxygen atoms in total. The van der Waals surface area contributed by atoms with Crippen molar-refractivity contribution in [3.63, 3.8) is 0 Å². The lowest BCUT2D eigenvalue weighted by atomic mass is 10.0. The van der Waals surface area contributed by atoms with Crippen LogP contribution in [0.1, 0.15) is 36.2 Å². The van der Waals surface area contributed by atoms with E-state index in [4.69, 9.17) is 23.2 Å². The smallest absolute Gasteiger partial charge is 0.185 e. The first-order chi connectivity index (χ1) is 14.2. The molecule has 0 radical (unpaired) electrons. The molecule has 0 amide bonds. The lowest BCUT2D eigenvalue weighted by Gasteiger charge is -2.27. The number of nitrogens with zero attached hydrogens (tertiary/aromatic N) is 1. The van der Waals surface area contributed by atoms with Crippen LogP contribution in [0, 0.1) is 12.7 Å². The molecule has 1 aromatic heterocycles. The van der Waals surface area contributed by atoms with E-state index in [1.165, 1.54) is 12.1 Å². The van der Waals surface area contributed by atoms with Gasteiger partial charge in [-0.1, -0.05) is 41.4 Å². The molecule has 0 N–H and O–H groups in total. The normalized spacial score (nSPS) is 11.7. The summed E-state index contributed by atoms with van der Waals surface area (Å²) in [5.41, 5.74) is 3.45. The predicted octanol–water partition coefficient (Wildman–Crippen LogP) is 6.91. The van der Waals surface area contributed by atoms with E-state index in [0.29, 0.717) is 22.0 Å². The zero-order chi connectivity index (χ0) is 21.9. The van der Waals surface area contributed by atoms with Gasteiger partial charge in [0.2, 0.25) is 0 Å². The van der Waals surface area contributed by atoms with Crippen LogP contribution in [0.3, 0.4) is 0 Å². The molecule has 0 aliphatic carbocycles. The van der Waals surface area contributed by atoms with E-state index in [9.17, 15) is 9.18 Å². The van der Waals surface area contributed by atoms with Crippen LogP contribution in [0.4, 0.5) is 4.39 Å². The quantitative estimate of drug-likeness (QED) is 0.379. The van der Waals surface area contributed by atoms with Crippen LogP contribution in [-0.2, 0) is 18.7 Å². The van der Waals surface area contributed by atoms with Crippen molar-refractivity contribution in [2.24, 2.45) is 0 Å². The van der Waals surface area contributed by atoms with Crippen molar-refractivity contribution < 1.29 is 4.39 Å². The van der Waals surface area contributed by atoms with Gasteiger partial charge >= 0.3 is 0 Å². The van der Waals surface area contributed by atoms with Crippen molar-refractivity contribution in [2.45, 2.75) is 44.2 Å². The molecule has 0 aliphatic rings. The summed E-state index contributed by atoms with van der Waals surface area (Å²) in [5.74, 6) is 0.562. The number of pyridine rings is 1. The number of thioether (sulfide) groups is 1. The summed E-state index contributed by atoms with van der Waals surface area (Å²) in [6, 6.07) is 13.6. The van der Waals surface area contributed by atoms with E-state index >= 15 is 0 Å². The van der Waals surface area contributed by atoms with Gasteiger partial charge in [-0.05, 0) is 56.2 Å². The standard InChI is InChI=1S/C24H24Cl2FNOS/c1-16-19(13-20-21(25)5-4-6-22(20)26)23(29)11-12-28(16)15-24(2,3)30-14-17-7-9-18(27)10-8-17/h4-12H,13-15H2,1-3H3. The molecule has 0 saturated carbocycles. The Bertz CT molecular complexity index is 1070. The van der Waals surface area contributed by atoms with E-state index in [1.54, 1.807) is 36.0 Å². The van der Waals surface area contributed by atoms with Gasteiger partial charge in [0.05, 0.1) is 0 Å². The second kappa shape index (κ2) is 9.59. The van der Waals surface area contributed by atoms with E-state index < -0.39 is 0 Å². The fraction of sp³-hybridized carbons (Fsp3) is 0.292. The number of hydrogen-bond donors (Lipinski definition) is 0. The Morgan fingerprint density at radius 2 is 1.63 bits per heavy atom. The molecule has 0 aliphatic heterocycles. The summed E-state index contributed by atoms with van der Waals surface area (Å²) in [7, 11) is 0. The highest BCUT2D eigenvalue weighted by molar-refractivity contribution is 7.99. The van der Waals surface area contributed by atoms with Gasteiger partial charge in [-0.25, -0.2) is 4.39 Å². The third kappa shape index (κ3) is 5.69. The maximum Gasteiger partial charge on any atom is 0.185 e. The molecule has 0 atom stereocenters. The summed E-state index contributed by atoms with van der Waals surface area (Å²) in [5, 5.41) is 1.12. The van der Waals surface area contributed by atoms with Crippen LogP contribution in [0.15, 0.2) is 59.5 Å². The maximum atomic E-state index is 13.1. The van der Waals surface area contributed by atoms with Crippen LogP contribution in [-0.4, -0.2) is 9.31 Å². The second-order valence-corrected chi connectivity index (χ2v) is 10.4. The van der Waals surface area contributed by atoms with E-state index in [2.05, 4.69) is 18.4 Å². The largest absolute Gasteiger partial charge is 0.350 e. The van der Waals surface area contributed by atoms with Crippen molar-refractivity contribution in [2.75, 3.05) is 0 Å². The summed E-state index contributed by atoms with van der Waals surface area (Å²) >= 11 is 14.4. The van der Waals surface area contributed by atoms with Gasteiger partial charge in [-0.2, -0.15) is 0 Å². The summed E-state index contributed by atoms with van der Waals surface area (Å²) in [6.45, 7) is 7.03. The number of rotatable bonds is 7. The highest BCUT2D eigenvalue weighted by Gasteiger charge is 2.21. The first kappa shape index (κ1) is 22.9. The monoisotopic (exact) mass is 463 g/mol. The number of aromatic nitrogens is 1. The van der Waals surface area contributed by atoms with Gasteiger partial charge in [0.15, 0.2) is 5.43 Å². The molecule has 6 heteroatoms. The summed E-state index contributed by atoms with van der Waals surface area (Å²) in [6.07, 6.45) is 2.24. The lowest BCUT2D eigenvalue weighted by Crippen LogP contribution is -2.27.